The van der Waals surface area contributed by atoms with E-state index in [9.17, 15) is 5.26 Å². The molecule has 0 saturated carbocycles. The molecule has 1 unspecified atom stereocenters. The molecule has 78 valence electrons. The van der Waals surface area contributed by atoms with Crippen LogP contribution in [-0.4, -0.2) is 4.98 Å². The van der Waals surface area contributed by atoms with Gasteiger partial charge in [0.2, 0.25) is 0 Å². The SMILES string of the molecule is Cc1ccc(C(C#N)c2ccccn2)cc1. The average Bonchev–Trinajstić information content (AvgIpc) is 2.34. The zero-order valence-corrected chi connectivity index (χ0v) is 9.09. The van der Waals surface area contributed by atoms with Gasteiger partial charge in [0.15, 0.2) is 0 Å². The Kier molecular flexibility index (Phi) is 2.98. The monoisotopic (exact) mass is 208 g/mol. The van der Waals surface area contributed by atoms with Crippen LogP contribution in [0.15, 0.2) is 48.7 Å². The summed E-state index contributed by atoms with van der Waals surface area (Å²) in [5.41, 5.74) is 2.99. The Morgan fingerprint density at radius 1 is 1.12 bits per heavy atom. The first-order valence-corrected chi connectivity index (χ1v) is 5.18. The van der Waals surface area contributed by atoms with Crippen LogP contribution in [0.5, 0.6) is 0 Å². The predicted molar refractivity (Wildman–Crippen MR) is 62.9 cm³/mol. The van der Waals surface area contributed by atoms with E-state index in [1.807, 2.05) is 49.4 Å². The summed E-state index contributed by atoms with van der Waals surface area (Å²) in [6, 6.07) is 15.9. The van der Waals surface area contributed by atoms with E-state index in [1.54, 1.807) is 6.20 Å². The number of aromatic nitrogens is 1. The first-order valence-electron chi connectivity index (χ1n) is 5.18. The Labute approximate surface area is 95.2 Å². The van der Waals surface area contributed by atoms with Gasteiger partial charge in [-0.15, -0.1) is 0 Å². The van der Waals surface area contributed by atoms with E-state index in [4.69, 9.17) is 0 Å². The lowest BCUT2D eigenvalue weighted by molar-refractivity contribution is 0.965. The van der Waals surface area contributed by atoms with Gasteiger partial charge >= 0.3 is 0 Å². The van der Waals surface area contributed by atoms with Crippen molar-refractivity contribution < 1.29 is 0 Å². The van der Waals surface area contributed by atoms with Gasteiger partial charge in [-0.3, -0.25) is 4.98 Å². The molecule has 1 aromatic heterocycles. The van der Waals surface area contributed by atoms with E-state index in [0.29, 0.717) is 0 Å². The minimum absolute atomic E-state index is 0.276. The van der Waals surface area contributed by atoms with Crippen LogP contribution in [0.3, 0.4) is 0 Å². The van der Waals surface area contributed by atoms with Crippen LogP contribution in [0, 0.1) is 18.3 Å². The second-order valence-corrected chi connectivity index (χ2v) is 3.73. The summed E-state index contributed by atoms with van der Waals surface area (Å²) in [5.74, 6) is -0.276. The van der Waals surface area contributed by atoms with Gasteiger partial charge in [0.05, 0.1) is 11.8 Å². The second-order valence-electron chi connectivity index (χ2n) is 3.73. The first-order chi connectivity index (χ1) is 7.81. The predicted octanol–water partition coefficient (Wildman–Crippen LogP) is 3.05. The summed E-state index contributed by atoms with van der Waals surface area (Å²) in [6.07, 6.45) is 1.72. The van der Waals surface area contributed by atoms with Crippen LogP contribution < -0.4 is 0 Å². The Morgan fingerprint density at radius 3 is 2.44 bits per heavy atom. The van der Waals surface area contributed by atoms with Gasteiger partial charge in [-0.1, -0.05) is 35.9 Å². The van der Waals surface area contributed by atoms with Gasteiger partial charge in [0.1, 0.15) is 5.92 Å². The highest BCUT2D eigenvalue weighted by Crippen LogP contribution is 2.22. The largest absolute Gasteiger partial charge is 0.260 e. The maximum Gasteiger partial charge on any atom is 0.113 e. The number of nitriles is 1. The van der Waals surface area contributed by atoms with Crippen molar-refractivity contribution in [2.75, 3.05) is 0 Å². The molecular weight excluding hydrogens is 196 g/mol. The minimum Gasteiger partial charge on any atom is -0.260 e. The highest BCUT2D eigenvalue weighted by atomic mass is 14.7. The zero-order chi connectivity index (χ0) is 11.4. The molecule has 16 heavy (non-hydrogen) atoms. The highest BCUT2D eigenvalue weighted by Gasteiger charge is 2.13. The normalized spacial score (nSPS) is 11.8. The molecule has 0 aliphatic heterocycles. The third-order valence-electron chi connectivity index (χ3n) is 2.52. The maximum absolute atomic E-state index is 9.21. The molecule has 0 aliphatic rings. The number of rotatable bonds is 2. The summed E-state index contributed by atoms with van der Waals surface area (Å²) in [4.78, 5) is 4.23. The molecule has 2 aromatic rings. The summed E-state index contributed by atoms with van der Waals surface area (Å²) in [5, 5.41) is 9.21. The molecule has 0 N–H and O–H groups in total. The van der Waals surface area contributed by atoms with Gasteiger partial charge in [-0.25, -0.2) is 0 Å². The van der Waals surface area contributed by atoms with E-state index >= 15 is 0 Å². The van der Waals surface area contributed by atoms with Crippen LogP contribution in [-0.2, 0) is 0 Å². The molecule has 0 bridgehead atoms. The Balaban J connectivity index is 2.38. The smallest absolute Gasteiger partial charge is 0.113 e. The van der Waals surface area contributed by atoms with Crippen LogP contribution in [0.1, 0.15) is 22.7 Å². The molecule has 2 heteroatoms. The third-order valence-corrected chi connectivity index (χ3v) is 2.52. The molecule has 0 amide bonds. The second kappa shape index (κ2) is 4.59. The molecule has 0 saturated heterocycles. The van der Waals surface area contributed by atoms with E-state index in [-0.39, 0.29) is 5.92 Å². The van der Waals surface area contributed by atoms with Gasteiger partial charge in [-0.2, -0.15) is 5.26 Å². The number of nitrogens with zero attached hydrogens (tertiary/aromatic N) is 2. The van der Waals surface area contributed by atoms with Crippen molar-refractivity contribution in [1.29, 1.82) is 5.26 Å². The quantitative estimate of drug-likeness (QED) is 0.760. The number of hydrogen-bond acceptors (Lipinski definition) is 2. The molecule has 1 aromatic carbocycles. The Bertz CT molecular complexity index is 495. The van der Waals surface area contributed by atoms with Crippen LogP contribution >= 0.6 is 0 Å². The van der Waals surface area contributed by atoms with Crippen LogP contribution in [0.4, 0.5) is 0 Å². The fourth-order valence-electron chi connectivity index (χ4n) is 1.62. The number of pyridine rings is 1. The molecule has 1 heterocycles. The molecule has 0 radical (unpaired) electrons. The average molecular weight is 208 g/mol. The van der Waals surface area contributed by atoms with E-state index in [2.05, 4.69) is 11.1 Å². The topological polar surface area (TPSA) is 36.7 Å². The minimum atomic E-state index is -0.276. The van der Waals surface area contributed by atoms with Crippen molar-refractivity contribution in [2.24, 2.45) is 0 Å². The van der Waals surface area contributed by atoms with Crippen molar-refractivity contribution in [3.05, 3.63) is 65.5 Å². The maximum atomic E-state index is 9.21. The zero-order valence-electron chi connectivity index (χ0n) is 9.09. The van der Waals surface area contributed by atoms with Crippen molar-refractivity contribution in [3.8, 4) is 6.07 Å². The number of aryl methyl sites for hydroxylation is 1. The highest BCUT2D eigenvalue weighted by molar-refractivity contribution is 5.35. The van der Waals surface area contributed by atoms with Gasteiger partial charge in [0, 0.05) is 6.20 Å². The molecule has 1 atom stereocenters. The van der Waals surface area contributed by atoms with Crippen molar-refractivity contribution >= 4 is 0 Å². The Morgan fingerprint density at radius 2 is 1.88 bits per heavy atom. The summed E-state index contributed by atoms with van der Waals surface area (Å²) >= 11 is 0. The lowest BCUT2D eigenvalue weighted by atomic mass is 9.96. The van der Waals surface area contributed by atoms with E-state index < -0.39 is 0 Å². The third kappa shape index (κ3) is 2.09. The summed E-state index contributed by atoms with van der Waals surface area (Å²) in [7, 11) is 0. The molecule has 0 aliphatic carbocycles. The number of hydrogen-bond donors (Lipinski definition) is 0. The molecule has 2 nitrogen and oxygen atoms in total. The Hall–Kier alpha value is -2.14. The fourth-order valence-corrected chi connectivity index (χ4v) is 1.62. The van der Waals surface area contributed by atoms with Crippen molar-refractivity contribution in [1.82, 2.24) is 4.98 Å². The van der Waals surface area contributed by atoms with Crippen molar-refractivity contribution in [2.45, 2.75) is 12.8 Å². The summed E-state index contributed by atoms with van der Waals surface area (Å²) < 4.78 is 0. The van der Waals surface area contributed by atoms with Gasteiger partial charge < -0.3 is 0 Å². The van der Waals surface area contributed by atoms with Gasteiger partial charge in [0.25, 0.3) is 0 Å². The standard InChI is InChI=1S/C14H12N2/c1-11-5-7-12(8-6-11)13(10-15)14-4-2-3-9-16-14/h2-9,13H,1H3. The molecule has 2 rings (SSSR count). The van der Waals surface area contributed by atoms with Crippen molar-refractivity contribution in [3.63, 3.8) is 0 Å². The first kappa shape index (κ1) is 10.4. The molecular formula is C14H12N2. The van der Waals surface area contributed by atoms with E-state index in [1.165, 1.54) is 5.56 Å². The van der Waals surface area contributed by atoms with Gasteiger partial charge in [-0.05, 0) is 24.6 Å². The molecule has 0 spiro atoms. The van der Waals surface area contributed by atoms with Crippen LogP contribution in [0.25, 0.3) is 0 Å². The lowest BCUT2D eigenvalue weighted by Gasteiger charge is -2.08. The van der Waals surface area contributed by atoms with Crippen LogP contribution in [0.2, 0.25) is 0 Å². The lowest BCUT2D eigenvalue weighted by Crippen LogP contribution is -2.00. The fraction of sp³-hybridized carbons (Fsp3) is 0.143. The molecule has 0 fully saturated rings. The number of benzene rings is 1. The summed E-state index contributed by atoms with van der Waals surface area (Å²) in [6.45, 7) is 2.03. The van der Waals surface area contributed by atoms with E-state index in [0.717, 1.165) is 11.3 Å².